The second-order valence-corrected chi connectivity index (χ2v) is 5.92. The highest BCUT2D eigenvalue weighted by Crippen LogP contribution is 2.34. The van der Waals surface area contributed by atoms with Gasteiger partial charge in [0.25, 0.3) is 0 Å². The van der Waals surface area contributed by atoms with Gasteiger partial charge in [-0.25, -0.2) is 4.98 Å². The average molecular weight is 354 g/mol. The zero-order valence-corrected chi connectivity index (χ0v) is 15.2. The summed E-state index contributed by atoms with van der Waals surface area (Å²) in [6, 6.07) is 5.46. The summed E-state index contributed by atoms with van der Waals surface area (Å²) in [4.78, 5) is 11.4. The first-order valence-corrected chi connectivity index (χ1v) is 8.42. The van der Waals surface area contributed by atoms with E-state index < -0.39 is 0 Å². The summed E-state index contributed by atoms with van der Waals surface area (Å²) in [6.07, 6.45) is 3.46. The van der Waals surface area contributed by atoms with Crippen LogP contribution in [0, 0.1) is 0 Å². The molecule has 0 aliphatic rings. The van der Waals surface area contributed by atoms with Crippen LogP contribution in [0.25, 0.3) is 0 Å². The SMILES string of the molecule is CCc1cnc(CC)c(N(CCOC)c2ccc(Cl)cc2Cl)n1. The van der Waals surface area contributed by atoms with Crippen LogP contribution in [-0.4, -0.2) is 30.2 Å². The molecule has 0 amide bonds. The second kappa shape index (κ2) is 8.48. The summed E-state index contributed by atoms with van der Waals surface area (Å²) in [5.41, 5.74) is 2.74. The van der Waals surface area contributed by atoms with Crippen LogP contribution in [0.3, 0.4) is 0 Å². The molecule has 0 bridgehead atoms. The molecular weight excluding hydrogens is 333 g/mol. The summed E-state index contributed by atoms with van der Waals surface area (Å²) in [5, 5.41) is 1.19. The van der Waals surface area contributed by atoms with Gasteiger partial charge in [-0.05, 0) is 31.0 Å². The van der Waals surface area contributed by atoms with Gasteiger partial charge >= 0.3 is 0 Å². The van der Waals surface area contributed by atoms with E-state index >= 15 is 0 Å². The van der Waals surface area contributed by atoms with E-state index in [2.05, 4.69) is 18.8 Å². The van der Waals surface area contributed by atoms with Gasteiger partial charge < -0.3 is 9.64 Å². The number of aryl methyl sites for hydroxylation is 2. The quantitative estimate of drug-likeness (QED) is 0.723. The summed E-state index contributed by atoms with van der Waals surface area (Å²) >= 11 is 12.4. The molecule has 0 aliphatic carbocycles. The van der Waals surface area contributed by atoms with Crippen molar-refractivity contribution in [2.24, 2.45) is 0 Å². The average Bonchev–Trinajstić information content (AvgIpc) is 2.56. The number of hydrogen-bond acceptors (Lipinski definition) is 4. The van der Waals surface area contributed by atoms with Gasteiger partial charge in [0.1, 0.15) is 0 Å². The zero-order valence-electron chi connectivity index (χ0n) is 13.6. The molecule has 4 nitrogen and oxygen atoms in total. The maximum absolute atomic E-state index is 6.41. The lowest BCUT2D eigenvalue weighted by Gasteiger charge is -2.26. The molecule has 1 aromatic carbocycles. The van der Waals surface area contributed by atoms with E-state index in [4.69, 9.17) is 32.9 Å². The highest BCUT2D eigenvalue weighted by Gasteiger charge is 2.18. The van der Waals surface area contributed by atoms with Crippen molar-refractivity contribution in [3.05, 3.63) is 45.8 Å². The Labute approximate surface area is 147 Å². The highest BCUT2D eigenvalue weighted by molar-refractivity contribution is 6.36. The largest absolute Gasteiger partial charge is 0.383 e. The molecule has 0 unspecified atom stereocenters. The van der Waals surface area contributed by atoms with Gasteiger partial charge in [-0.15, -0.1) is 0 Å². The van der Waals surface area contributed by atoms with Crippen molar-refractivity contribution in [1.82, 2.24) is 9.97 Å². The Morgan fingerprint density at radius 1 is 1.17 bits per heavy atom. The van der Waals surface area contributed by atoms with Crippen molar-refractivity contribution < 1.29 is 4.74 Å². The molecule has 0 saturated heterocycles. The first-order chi connectivity index (χ1) is 11.1. The van der Waals surface area contributed by atoms with Crippen molar-refractivity contribution in [2.45, 2.75) is 26.7 Å². The smallest absolute Gasteiger partial charge is 0.155 e. The molecule has 0 radical (unpaired) electrons. The predicted octanol–water partition coefficient (Wildman–Crippen LogP) is 4.69. The minimum Gasteiger partial charge on any atom is -0.383 e. The fourth-order valence-corrected chi connectivity index (χ4v) is 2.81. The molecule has 6 heteroatoms. The van der Waals surface area contributed by atoms with Gasteiger partial charge in [-0.1, -0.05) is 37.0 Å². The molecule has 0 N–H and O–H groups in total. The lowest BCUT2D eigenvalue weighted by atomic mass is 10.2. The molecule has 1 heterocycles. The molecule has 0 saturated carbocycles. The molecule has 0 atom stereocenters. The van der Waals surface area contributed by atoms with Gasteiger partial charge in [0.15, 0.2) is 5.82 Å². The number of methoxy groups -OCH3 is 1. The number of ether oxygens (including phenoxy) is 1. The third kappa shape index (κ3) is 4.34. The second-order valence-electron chi connectivity index (χ2n) is 5.08. The Morgan fingerprint density at radius 2 is 1.96 bits per heavy atom. The number of nitrogens with zero attached hydrogens (tertiary/aromatic N) is 3. The van der Waals surface area contributed by atoms with Gasteiger partial charge in [0.05, 0.1) is 28.7 Å². The van der Waals surface area contributed by atoms with Crippen LogP contribution in [-0.2, 0) is 17.6 Å². The topological polar surface area (TPSA) is 38.2 Å². The lowest BCUT2D eigenvalue weighted by molar-refractivity contribution is 0.207. The number of aromatic nitrogens is 2. The first-order valence-electron chi connectivity index (χ1n) is 7.67. The molecular formula is C17H21Cl2N3O. The fourth-order valence-electron chi connectivity index (χ4n) is 2.30. The van der Waals surface area contributed by atoms with E-state index in [-0.39, 0.29) is 0 Å². The Kier molecular flexibility index (Phi) is 6.63. The van der Waals surface area contributed by atoms with Crippen LogP contribution in [0.15, 0.2) is 24.4 Å². The molecule has 2 aromatic rings. The third-order valence-corrected chi connectivity index (χ3v) is 4.09. The third-order valence-electron chi connectivity index (χ3n) is 3.55. The maximum Gasteiger partial charge on any atom is 0.155 e. The minimum atomic E-state index is 0.556. The summed E-state index contributed by atoms with van der Waals surface area (Å²) in [6.45, 7) is 5.32. The van der Waals surface area contributed by atoms with E-state index in [9.17, 15) is 0 Å². The Balaban J connectivity index is 2.54. The standard InChI is InChI=1S/C17H21Cl2N3O/c1-4-13-11-20-15(5-2)17(21-13)22(8-9-23-3)16-7-6-12(18)10-14(16)19/h6-7,10-11H,4-5,8-9H2,1-3H3. The van der Waals surface area contributed by atoms with E-state index in [0.717, 1.165) is 35.7 Å². The molecule has 0 fully saturated rings. The number of anilines is 2. The number of rotatable bonds is 7. The minimum absolute atomic E-state index is 0.556. The predicted molar refractivity (Wildman–Crippen MR) is 96.1 cm³/mol. The Morgan fingerprint density at radius 3 is 2.57 bits per heavy atom. The van der Waals surface area contributed by atoms with E-state index in [1.165, 1.54) is 0 Å². The van der Waals surface area contributed by atoms with Crippen molar-refractivity contribution in [1.29, 1.82) is 0 Å². The van der Waals surface area contributed by atoms with Crippen molar-refractivity contribution in [3.63, 3.8) is 0 Å². The van der Waals surface area contributed by atoms with Crippen LogP contribution in [0.2, 0.25) is 10.0 Å². The van der Waals surface area contributed by atoms with Gasteiger partial charge in [-0.3, -0.25) is 4.98 Å². The van der Waals surface area contributed by atoms with Crippen LogP contribution in [0.1, 0.15) is 25.2 Å². The number of benzene rings is 1. The van der Waals surface area contributed by atoms with Crippen LogP contribution in [0.4, 0.5) is 11.5 Å². The highest BCUT2D eigenvalue weighted by atomic mass is 35.5. The van der Waals surface area contributed by atoms with E-state index in [1.54, 1.807) is 13.2 Å². The number of hydrogen-bond donors (Lipinski definition) is 0. The Hall–Kier alpha value is -1.36. The van der Waals surface area contributed by atoms with Crippen molar-refractivity contribution in [3.8, 4) is 0 Å². The molecule has 124 valence electrons. The molecule has 2 rings (SSSR count). The van der Waals surface area contributed by atoms with Gasteiger partial charge in [0, 0.05) is 24.9 Å². The normalized spacial score (nSPS) is 10.8. The molecule has 0 spiro atoms. The summed E-state index contributed by atoms with van der Waals surface area (Å²) in [5.74, 6) is 0.827. The first kappa shape index (κ1) is 18.0. The summed E-state index contributed by atoms with van der Waals surface area (Å²) in [7, 11) is 1.68. The molecule has 0 aliphatic heterocycles. The van der Waals surface area contributed by atoms with Gasteiger partial charge in [-0.2, -0.15) is 0 Å². The van der Waals surface area contributed by atoms with E-state index in [0.29, 0.717) is 23.2 Å². The van der Waals surface area contributed by atoms with Crippen molar-refractivity contribution in [2.75, 3.05) is 25.2 Å². The molecule has 23 heavy (non-hydrogen) atoms. The number of halogens is 2. The lowest BCUT2D eigenvalue weighted by Crippen LogP contribution is -2.25. The van der Waals surface area contributed by atoms with Crippen LogP contribution >= 0.6 is 23.2 Å². The zero-order chi connectivity index (χ0) is 16.8. The van der Waals surface area contributed by atoms with Crippen LogP contribution in [0.5, 0.6) is 0 Å². The molecule has 1 aromatic heterocycles. The van der Waals surface area contributed by atoms with Gasteiger partial charge in [0.2, 0.25) is 0 Å². The maximum atomic E-state index is 6.41. The fraction of sp³-hybridized carbons (Fsp3) is 0.412. The van der Waals surface area contributed by atoms with Crippen molar-refractivity contribution >= 4 is 34.7 Å². The summed E-state index contributed by atoms with van der Waals surface area (Å²) < 4.78 is 5.25. The Bertz CT molecular complexity index is 664. The monoisotopic (exact) mass is 353 g/mol. The van der Waals surface area contributed by atoms with E-state index in [1.807, 2.05) is 23.2 Å². The van der Waals surface area contributed by atoms with Crippen LogP contribution < -0.4 is 4.90 Å².